The number of ether oxygens (including phenoxy) is 6. The molecule has 0 heterocycles. The lowest BCUT2D eigenvalue weighted by Crippen LogP contribution is -2.54. The number of unbranched alkanes of at least 4 members (excludes halogenated alkanes) is 1. The van der Waals surface area contributed by atoms with Gasteiger partial charge in [-0.1, -0.05) is 37.2 Å². The largest absolute Gasteiger partial charge is 0.379 e. The van der Waals surface area contributed by atoms with Gasteiger partial charge in [0.2, 0.25) is 17.7 Å². The Balaban J connectivity index is 2.15. The summed E-state index contributed by atoms with van der Waals surface area (Å²) >= 11 is 0. The van der Waals surface area contributed by atoms with Crippen molar-refractivity contribution >= 4 is 23.4 Å². The number of anilines is 1. The Morgan fingerprint density at radius 3 is 1.77 bits per heavy atom. The van der Waals surface area contributed by atoms with Crippen LogP contribution in [0.15, 0.2) is 35.4 Å². The Bertz CT molecular complexity index is 1030. The highest BCUT2D eigenvalue weighted by molar-refractivity contribution is 5.98. The third kappa shape index (κ3) is 23.1. The van der Waals surface area contributed by atoms with E-state index in [0.29, 0.717) is 104 Å². The monoisotopic (exact) mass is 681 g/mol. The SMILES string of the molecule is CC(C)[C@H](NC(=O)CCOCCOCCOCCOCCOCCOCCN=[N+]=[N-])C(=O)N[C@@H](CCCCN)C(=O)Nc1ccccc1. The summed E-state index contributed by atoms with van der Waals surface area (Å²) in [5.74, 6) is -1.27. The quantitative estimate of drug-likeness (QED) is 0.0387. The smallest absolute Gasteiger partial charge is 0.246 e. The normalized spacial score (nSPS) is 12.2. The van der Waals surface area contributed by atoms with Crippen LogP contribution in [0.3, 0.4) is 0 Å². The average Bonchev–Trinajstić information content (AvgIpc) is 3.07. The molecule has 0 spiro atoms. The molecule has 0 aromatic heterocycles. The molecule has 0 saturated carbocycles. The summed E-state index contributed by atoms with van der Waals surface area (Å²) in [4.78, 5) is 41.4. The number of hydrogen-bond donors (Lipinski definition) is 4. The van der Waals surface area contributed by atoms with E-state index in [2.05, 4.69) is 26.0 Å². The molecule has 0 saturated heterocycles. The number of carbonyl (C=O) groups excluding carboxylic acids is 3. The first-order valence-electron chi connectivity index (χ1n) is 16.5. The van der Waals surface area contributed by atoms with Crippen molar-refractivity contribution in [2.75, 3.05) is 97.7 Å². The molecule has 3 amide bonds. The summed E-state index contributed by atoms with van der Waals surface area (Å²) in [5, 5.41) is 11.8. The number of nitrogens with two attached hydrogens (primary N) is 1. The third-order valence-corrected chi connectivity index (χ3v) is 6.62. The van der Waals surface area contributed by atoms with Crippen molar-refractivity contribution in [2.45, 2.75) is 51.6 Å². The van der Waals surface area contributed by atoms with Crippen LogP contribution in [-0.2, 0) is 42.8 Å². The summed E-state index contributed by atoms with van der Waals surface area (Å²) in [6.45, 7) is 9.11. The third-order valence-electron chi connectivity index (χ3n) is 6.62. The maximum absolute atomic E-state index is 13.2. The minimum absolute atomic E-state index is 0.0751. The van der Waals surface area contributed by atoms with Crippen molar-refractivity contribution in [3.63, 3.8) is 0 Å². The van der Waals surface area contributed by atoms with E-state index in [1.807, 2.05) is 32.0 Å². The molecule has 0 aliphatic heterocycles. The molecule has 272 valence electrons. The topological polar surface area (TPSA) is 217 Å². The fourth-order valence-electron chi connectivity index (χ4n) is 4.07. The first-order chi connectivity index (χ1) is 23.4. The van der Waals surface area contributed by atoms with Crippen molar-refractivity contribution in [3.05, 3.63) is 40.8 Å². The molecule has 0 unspecified atom stereocenters. The van der Waals surface area contributed by atoms with Gasteiger partial charge in [0.25, 0.3) is 0 Å². The van der Waals surface area contributed by atoms with Crippen LogP contribution >= 0.6 is 0 Å². The maximum atomic E-state index is 13.2. The lowest BCUT2D eigenvalue weighted by molar-refractivity contribution is -0.132. The van der Waals surface area contributed by atoms with Gasteiger partial charge < -0.3 is 50.1 Å². The lowest BCUT2D eigenvalue weighted by atomic mass is 10.0. The molecule has 0 fully saturated rings. The molecular weight excluding hydrogens is 626 g/mol. The van der Waals surface area contributed by atoms with Crippen molar-refractivity contribution in [3.8, 4) is 0 Å². The first-order valence-corrected chi connectivity index (χ1v) is 16.5. The highest BCUT2D eigenvalue weighted by Crippen LogP contribution is 2.10. The van der Waals surface area contributed by atoms with Gasteiger partial charge >= 0.3 is 0 Å². The maximum Gasteiger partial charge on any atom is 0.246 e. The lowest BCUT2D eigenvalue weighted by Gasteiger charge is -2.25. The second kappa shape index (κ2) is 29.8. The number of hydrogen-bond acceptors (Lipinski definition) is 11. The molecule has 0 radical (unpaired) electrons. The average molecular weight is 682 g/mol. The van der Waals surface area contributed by atoms with E-state index < -0.39 is 18.0 Å². The Kier molecular flexibility index (Phi) is 26.5. The zero-order valence-electron chi connectivity index (χ0n) is 28.4. The van der Waals surface area contributed by atoms with E-state index >= 15 is 0 Å². The molecule has 1 aromatic carbocycles. The Labute approximate surface area is 283 Å². The van der Waals surface area contributed by atoms with Crippen molar-refractivity contribution in [1.29, 1.82) is 0 Å². The highest BCUT2D eigenvalue weighted by atomic mass is 16.6. The Hall–Kier alpha value is -3.34. The van der Waals surface area contributed by atoms with Gasteiger partial charge in [0.15, 0.2) is 0 Å². The van der Waals surface area contributed by atoms with Crippen molar-refractivity contribution < 1.29 is 42.8 Å². The zero-order valence-corrected chi connectivity index (χ0v) is 28.4. The number of para-hydroxylation sites is 1. The standard InChI is InChI=1S/C32H55N7O9/c1-26(2)30(32(42)37-28(10-6-7-12-33)31(41)36-27-8-4-3-5-9-27)38-29(40)11-14-43-16-18-45-20-22-47-24-25-48-23-21-46-19-17-44-15-13-35-39-34/h3-5,8-9,26,28,30H,6-7,10-25,33H2,1-2H3,(H,36,41)(H,37,42)(H,38,40)/t28-,30-/m0/s1. The molecule has 48 heavy (non-hydrogen) atoms. The zero-order chi connectivity index (χ0) is 35.1. The predicted molar refractivity (Wildman–Crippen MR) is 180 cm³/mol. The van der Waals surface area contributed by atoms with Crippen LogP contribution in [0.5, 0.6) is 0 Å². The van der Waals surface area contributed by atoms with Gasteiger partial charge in [0, 0.05) is 23.6 Å². The number of carbonyl (C=O) groups is 3. The van der Waals surface area contributed by atoms with E-state index in [-0.39, 0.29) is 30.8 Å². The van der Waals surface area contributed by atoms with E-state index in [9.17, 15) is 14.4 Å². The number of benzene rings is 1. The van der Waals surface area contributed by atoms with Gasteiger partial charge in [-0.2, -0.15) is 0 Å². The van der Waals surface area contributed by atoms with Gasteiger partial charge in [0.05, 0.1) is 79.3 Å². The van der Waals surface area contributed by atoms with Crippen molar-refractivity contribution in [2.24, 2.45) is 16.8 Å². The van der Waals surface area contributed by atoms with Crippen LogP contribution in [-0.4, -0.2) is 122 Å². The molecule has 16 heteroatoms. The Morgan fingerprint density at radius 1 is 0.750 bits per heavy atom. The summed E-state index contributed by atoms with van der Waals surface area (Å²) in [7, 11) is 0. The number of azide groups is 1. The van der Waals surface area contributed by atoms with Crippen molar-refractivity contribution in [1.82, 2.24) is 10.6 Å². The summed E-state index contributed by atoms with van der Waals surface area (Å²) in [5.41, 5.74) is 14.4. The second-order valence-electron chi connectivity index (χ2n) is 10.9. The van der Waals surface area contributed by atoms with Gasteiger partial charge in [-0.25, -0.2) is 0 Å². The molecule has 0 aliphatic rings. The van der Waals surface area contributed by atoms with Crippen LogP contribution in [0.2, 0.25) is 0 Å². The van der Waals surface area contributed by atoms with E-state index in [0.717, 1.165) is 6.42 Å². The van der Waals surface area contributed by atoms with Crippen LogP contribution in [0, 0.1) is 5.92 Å². The molecule has 1 aromatic rings. The Morgan fingerprint density at radius 2 is 1.27 bits per heavy atom. The molecule has 0 aliphatic carbocycles. The fraction of sp³-hybridized carbons (Fsp3) is 0.719. The minimum Gasteiger partial charge on any atom is -0.379 e. The van der Waals surface area contributed by atoms with Crippen LogP contribution in [0.25, 0.3) is 10.4 Å². The van der Waals surface area contributed by atoms with Gasteiger partial charge in [-0.05, 0) is 49.4 Å². The van der Waals surface area contributed by atoms with Crippen LogP contribution in [0.1, 0.15) is 39.5 Å². The number of nitrogens with zero attached hydrogens (tertiary/aromatic N) is 3. The molecule has 0 bridgehead atoms. The summed E-state index contributed by atoms with van der Waals surface area (Å²) < 4.78 is 32.4. The molecule has 1 rings (SSSR count). The fourth-order valence-corrected chi connectivity index (χ4v) is 4.07. The number of rotatable bonds is 31. The molecule has 16 nitrogen and oxygen atoms in total. The summed E-state index contributed by atoms with van der Waals surface area (Å²) in [6.07, 6.45) is 1.90. The van der Waals surface area contributed by atoms with E-state index in [1.54, 1.807) is 12.1 Å². The molecule has 2 atom stereocenters. The summed E-state index contributed by atoms with van der Waals surface area (Å²) in [6, 6.07) is 7.44. The number of nitrogens with one attached hydrogen (secondary N) is 3. The molecular formula is C32H55N7O9. The first kappa shape index (κ1) is 42.7. The van der Waals surface area contributed by atoms with Crippen LogP contribution in [0.4, 0.5) is 5.69 Å². The highest BCUT2D eigenvalue weighted by Gasteiger charge is 2.28. The minimum atomic E-state index is -0.811. The predicted octanol–water partition coefficient (Wildman–Crippen LogP) is 2.18. The van der Waals surface area contributed by atoms with E-state index in [4.69, 9.17) is 39.7 Å². The molecule has 5 N–H and O–H groups in total. The van der Waals surface area contributed by atoms with Gasteiger partial charge in [-0.15, -0.1) is 0 Å². The number of amides is 3. The van der Waals surface area contributed by atoms with E-state index in [1.165, 1.54) is 0 Å². The van der Waals surface area contributed by atoms with Crippen LogP contribution < -0.4 is 21.7 Å². The van der Waals surface area contributed by atoms with Gasteiger partial charge in [0.1, 0.15) is 12.1 Å². The second-order valence-corrected chi connectivity index (χ2v) is 10.9. The van der Waals surface area contributed by atoms with Gasteiger partial charge in [-0.3, -0.25) is 14.4 Å².